The van der Waals surface area contributed by atoms with Crippen LogP contribution in [0, 0.1) is 5.92 Å². The van der Waals surface area contributed by atoms with Gasteiger partial charge < -0.3 is 10.3 Å². The Morgan fingerprint density at radius 3 is 2.85 bits per heavy atom. The maximum absolute atomic E-state index is 13.2. The monoisotopic (exact) mass is 518 g/mol. The summed E-state index contributed by atoms with van der Waals surface area (Å²) in [4.78, 5) is 33.3. The summed E-state index contributed by atoms with van der Waals surface area (Å²) in [5.74, 6) is 1.09. The summed E-state index contributed by atoms with van der Waals surface area (Å²) in [5.41, 5.74) is 5.16. The smallest absolute Gasteiger partial charge is 0.313 e. The van der Waals surface area contributed by atoms with Gasteiger partial charge >= 0.3 is 5.69 Å². The number of nitrogens with zero attached hydrogens (tertiary/aromatic N) is 2. The van der Waals surface area contributed by atoms with E-state index in [2.05, 4.69) is 40.4 Å². The van der Waals surface area contributed by atoms with Gasteiger partial charge in [0.25, 0.3) is 5.56 Å². The van der Waals surface area contributed by atoms with Crippen molar-refractivity contribution in [3.63, 3.8) is 0 Å². The minimum absolute atomic E-state index is 0. The fourth-order valence-electron chi connectivity index (χ4n) is 5.91. The molecule has 9 heteroatoms. The fourth-order valence-corrected chi connectivity index (χ4v) is 6.97. The largest absolute Gasteiger partial charge is 0.328 e. The molecule has 3 aromatic heterocycles. The summed E-state index contributed by atoms with van der Waals surface area (Å²) in [6.07, 6.45) is 5.87. The Kier molecular flexibility index (Phi) is 7.20. The highest BCUT2D eigenvalue weighted by atomic mass is 35.5. The van der Waals surface area contributed by atoms with Crippen molar-refractivity contribution in [2.45, 2.75) is 51.1 Å². The van der Waals surface area contributed by atoms with Crippen LogP contribution in [0.1, 0.15) is 42.4 Å². The maximum atomic E-state index is 13.2. The predicted molar refractivity (Wildman–Crippen MR) is 143 cm³/mol. The van der Waals surface area contributed by atoms with Crippen LogP contribution in [0.3, 0.4) is 0 Å². The minimum atomic E-state index is -0.347. The third-order valence-electron chi connectivity index (χ3n) is 7.42. The minimum Gasteiger partial charge on any atom is -0.313 e. The number of hydrogen-bond donors (Lipinski definition) is 2. The molecule has 0 spiro atoms. The van der Waals surface area contributed by atoms with Gasteiger partial charge in [-0.2, -0.15) is 0 Å². The Morgan fingerprint density at radius 2 is 2.03 bits per heavy atom. The van der Waals surface area contributed by atoms with Gasteiger partial charge in [-0.1, -0.05) is 25.1 Å². The summed E-state index contributed by atoms with van der Waals surface area (Å²) >= 11 is 1.40. The maximum Gasteiger partial charge on any atom is 0.328 e. The van der Waals surface area contributed by atoms with Crippen LogP contribution in [0.15, 0.2) is 46.1 Å². The van der Waals surface area contributed by atoms with Crippen LogP contribution in [0.5, 0.6) is 0 Å². The van der Waals surface area contributed by atoms with Gasteiger partial charge in [-0.25, -0.2) is 4.79 Å². The molecule has 2 N–H and O–H groups in total. The van der Waals surface area contributed by atoms with Gasteiger partial charge in [0.2, 0.25) is 0 Å². The van der Waals surface area contributed by atoms with Gasteiger partial charge in [0, 0.05) is 24.7 Å². The summed E-state index contributed by atoms with van der Waals surface area (Å²) in [6, 6.07) is 10.8. The van der Waals surface area contributed by atoms with Crippen LogP contribution in [-0.4, -0.2) is 27.1 Å². The standard InChI is InChI=1S/C25H26N4O2S.2ClH/c1-2-14-5-3-6-17-16(14)9-8-15-13-27-18(20(15)17)10-12-29-24(30)23-22(28-25(29)31)21-19(32-23)7-4-11-26-21;;/h3-7,11,15,18,20,27H,2,8-10,12-13H2,1H3,(H,28,31);2*1H/t15-,18?,20+;;/m0../s1. The van der Waals surface area contributed by atoms with Crippen LogP contribution < -0.4 is 16.6 Å². The number of rotatable bonds is 4. The first-order chi connectivity index (χ1) is 15.7. The molecule has 1 aromatic carbocycles. The molecule has 1 unspecified atom stereocenters. The number of aryl methyl sites for hydroxylation is 1. The average Bonchev–Trinajstić information content (AvgIpc) is 3.40. The molecule has 0 radical (unpaired) electrons. The van der Waals surface area contributed by atoms with Crippen molar-refractivity contribution in [3.05, 3.63) is 74.1 Å². The molecule has 4 heterocycles. The molecular weight excluding hydrogens is 491 g/mol. The van der Waals surface area contributed by atoms with Gasteiger partial charge in [-0.05, 0) is 67.0 Å². The molecule has 180 valence electrons. The summed E-state index contributed by atoms with van der Waals surface area (Å²) < 4.78 is 2.86. The number of pyridine rings is 1. The zero-order valence-electron chi connectivity index (χ0n) is 18.9. The average molecular weight is 519 g/mol. The Morgan fingerprint density at radius 1 is 1.18 bits per heavy atom. The molecule has 3 atom stereocenters. The molecule has 0 amide bonds. The third-order valence-corrected chi connectivity index (χ3v) is 8.56. The molecular formula is C25H28Cl2N4O2S. The van der Waals surface area contributed by atoms with Crippen molar-refractivity contribution in [2.24, 2.45) is 5.92 Å². The molecule has 1 aliphatic carbocycles. The van der Waals surface area contributed by atoms with E-state index < -0.39 is 0 Å². The van der Waals surface area contributed by atoms with E-state index in [9.17, 15) is 9.59 Å². The lowest BCUT2D eigenvalue weighted by Crippen LogP contribution is -2.37. The van der Waals surface area contributed by atoms with E-state index in [0.717, 1.165) is 30.5 Å². The van der Waals surface area contributed by atoms with Crippen LogP contribution >= 0.6 is 36.2 Å². The predicted octanol–water partition coefficient (Wildman–Crippen LogP) is 4.41. The lowest BCUT2D eigenvalue weighted by Gasteiger charge is -2.32. The molecule has 34 heavy (non-hydrogen) atoms. The van der Waals surface area contributed by atoms with Gasteiger partial charge in [0.05, 0.1) is 10.2 Å². The Balaban J connectivity index is 0.00000137. The molecule has 6 rings (SSSR count). The molecule has 6 nitrogen and oxygen atoms in total. The van der Waals surface area contributed by atoms with E-state index in [1.807, 2.05) is 12.1 Å². The second kappa shape index (κ2) is 9.82. The number of H-pyrrole nitrogens is 1. The van der Waals surface area contributed by atoms with E-state index in [4.69, 9.17) is 0 Å². The molecule has 2 aliphatic rings. The molecule has 0 bridgehead atoms. The molecule has 1 aliphatic heterocycles. The highest BCUT2D eigenvalue weighted by Gasteiger charge is 2.40. The number of nitrogens with one attached hydrogen (secondary N) is 2. The fraction of sp³-hybridized carbons (Fsp3) is 0.400. The zero-order chi connectivity index (χ0) is 21.8. The highest BCUT2D eigenvalue weighted by Crippen LogP contribution is 2.43. The quantitative estimate of drug-likeness (QED) is 0.419. The second-order valence-corrected chi connectivity index (χ2v) is 10.1. The SMILES string of the molecule is CCc1cccc2c1CC[C@H]1CNC(CCn3c(=O)[nH]c4c(sc5cccnc54)c3=O)[C@@H]21.Cl.Cl. The highest BCUT2D eigenvalue weighted by molar-refractivity contribution is 7.25. The van der Waals surface area contributed by atoms with E-state index in [1.165, 1.54) is 39.0 Å². The van der Waals surface area contributed by atoms with Crippen LogP contribution in [-0.2, 0) is 19.4 Å². The van der Waals surface area contributed by atoms with Crippen molar-refractivity contribution in [2.75, 3.05) is 6.54 Å². The Hall–Kier alpha value is -2.19. The number of halogens is 2. The summed E-state index contributed by atoms with van der Waals surface area (Å²) in [6.45, 7) is 3.65. The second-order valence-electron chi connectivity index (χ2n) is 9.01. The van der Waals surface area contributed by atoms with Gasteiger partial charge in [0.1, 0.15) is 10.2 Å². The lowest BCUT2D eigenvalue weighted by atomic mass is 9.72. The van der Waals surface area contributed by atoms with Crippen LogP contribution in [0.25, 0.3) is 20.4 Å². The number of aromatic nitrogens is 3. The first kappa shape index (κ1) is 24.9. The van der Waals surface area contributed by atoms with E-state index in [1.54, 1.807) is 6.20 Å². The van der Waals surface area contributed by atoms with E-state index in [0.29, 0.717) is 34.1 Å². The molecule has 1 fully saturated rings. The van der Waals surface area contributed by atoms with Gasteiger partial charge in [0.15, 0.2) is 0 Å². The van der Waals surface area contributed by atoms with Crippen molar-refractivity contribution in [1.29, 1.82) is 0 Å². The van der Waals surface area contributed by atoms with E-state index >= 15 is 0 Å². The topological polar surface area (TPSA) is 79.8 Å². The number of thiophene rings is 1. The zero-order valence-corrected chi connectivity index (χ0v) is 21.3. The summed E-state index contributed by atoms with van der Waals surface area (Å²) in [5, 5.41) is 3.71. The van der Waals surface area contributed by atoms with Crippen LogP contribution in [0.4, 0.5) is 0 Å². The first-order valence-electron chi connectivity index (χ1n) is 11.5. The van der Waals surface area contributed by atoms with Crippen molar-refractivity contribution in [3.8, 4) is 0 Å². The van der Waals surface area contributed by atoms with Gasteiger partial charge in [-0.15, -0.1) is 36.2 Å². The molecule has 4 aromatic rings. The number of fused-ring (bicyclic) bond motifs is 6. The number of aromatic amines is 1. The Bertz CT molecular complexity index is 1460. The third kappa shape index (κ3) is 3.88. The first-order valence-corrected chi connectivity index (χ1v) is 12.3. The van der Waals surface area contributed by atoms with E-state index in [-0.39, 0.29) is 42.1 Å². The molecule has 0 saturated carbocycles. The lowest BCUT2D eigenvalue weighted by molar-refractivity contribution is 0.390. The Labute approximate surface area is 213 Å². The normalized spacial score (nSPS) is 21.0. The van der Waals surface area contributed by atoms with Crippen molar-refractivity contribution in [1.82, 2.24) is 19.9 Å². The number of benzene rings is 1. The van der Waals surface area contributed by atoms with Crippen LogP contribution in [0.2, 0.25) is 0 Å². The van der Waals surface area contributed by atoms with Gasteiger partial charge in [-0.3, -0.25) is 14.3 Å². The van der Waals surface area contributed by atoms with Crippen molar-refractivity contribution < 1.29 is 0 Å². The van der Waals surface area contributed by atoms with Crippen molar-refractivity contribution >= 4 is 56.6 Å². The number of hydrogen-bond acceptors (Lipinski definition) is 5. The molecule has 1 saturated heterocycles. The summed E-state index contributed by atoms with van der Waals surface area (Å²) in [7, 11) is 0.